The number of imidazole rings is 1. The zero-order valence-corrected chi connectivity index (χ0v) is 36.7. The van der Waals surface area contributed by atoms with Crippen LogP contribution in [-0.4, -0.2) is 35.0 Å². The summed E-state index contributed by atoms with van der Waals surface area (Å²) >= 11 is -0.532. The standard InChI is InChI=1S/C27H26NTe.C21H17N2.CH3.Ir/c1-18(2)23-15-22(20-11-7-5-8-12-20)16-24(19(3)4)26(23)25-17-28-27(29-25)21-13-9-6-10-14-21;1-15-9-8-10-16(2)20(15)23-19-14-7-6-13-18(19)22-21(23)17-11-4-3-5-12-17;;/h5-13,15-19H,1-4H3;3-11,13-14H,1-2H3;1H3;/q3*-1;+3. The minimum Gasteiger partial charge on any atom is -0.358 e. The van der Waals surface area contributed by atoms with Crippen molar-refractivity contribution in [1.82, 2.24) is 14.5 Å². The molecule has 8 aromatic rings. The smallest absolute Gasteiger partial charge is 0.358 e. The monoisotopic (exact) mass is 999 g/mol. The summed E-state index contributed by atoms with van der Waals surface area (Å²) in [5, 5.41) is 0. The van der Waals surface area contributed by atoms with Gasteiger partial charge in [0.25, 0.3) is 0 Å². The number of hydrogen-bond donors (Lipinski definition) is 0. The van der Waals surface area contributed by atoms with Gasteiger partial charge in [0.2, 0.25) is 0 Å². The van der Waals surface area contributed by atoms with E-state index in [1.807, 2.05) is 36.4 Å². The van der Waals surface area contributed by atoms with Crippen LogP contribution in [0.4, 0.5) is 0 Å². The maximum atomic E-state index is 4.87. The minimum atomic E-state index is -0.532. The van der Waals surface area contributed by atoms with Crippen LogP contribution in [0.3, 0.4) is 0 Å². The second-order valence-corrected chi connectivity index (χ2v) is 16.7. The van der Waals surface area contributed by atoms with Crippen LogP contribution in [0.25, 0.3) is 57.7 Å². The zero-order valence-electron chi connectivity index (χ0n) is 32.0. The van der Waals surface area contributed by atoms with Gasteiger partial charge in [0.1, 0.15) is 0 Å². The van der Waals surface area contributed by atoms with Crippen LogP contribution in [0, 0.1) is 33.4 Å². The second kappa shape index (κ2) is 18.3. The Kier molecular flexibility index (Phi) is 13.8. The van der Waals surface area contributed by atoms with Crippen LogP contribution in [0.5, 0.6) is 0 Å². The molecular formula is C49H46IrN3Te. The van der Waals surface area contributed by atoms with Gasteiger partial charge in [-0.1, -0.05) is 30.3 Å². The number of fused-ring (bicyclic) bond motifs is 1. The number of hydrogen-bond acceptors (Lipinski definition) is 2. The van der Waals surface area contributed by atoms with Crippen molar-refractivity contribution in [3.63, 3.8) is 0 Å². The molecule has 272 valence electrons. The van der Waals surface area contributed by atoms with E-state index in [-0.39, 0.29) is 27.5 Å². The second-order valence-electron chi connectivity index (χ2n) is 13.8. The van der Waals surface area contributed by atoms with E-state index < -0.39 is 20.4 Å². The van der Waals surface area contributed by atoms with Crippen LogP contribution < -0.4 is 0 Å². The van der Waals surface area contributed by atoms with Crippen molar-refractivity contribution in [1.29, 1.82) is 0 Å². The first-order valence-corrected chi connectivity index (χ1v) is 20.3. The summed E-state index contributed by atoms with van der Waals surface area (Å²) in [5.41, 5.74) is 14.9. The van der Waals surface area contributed by atoms with Gasteiger partial charge in [-0.15, -0.1) is 35.9 Å². The molecule has 3 nitrogen and oxygen atoms in total. The number of para-hydroxylation sites is 3. The van der Waals surface area contributed by atoms with Gasteiger partial charge in [0.15, 0.2) is 0 Å². The van der Waals surface area contributed by atoms with Crippen molar-refractivity contribution in [2.75, 3.05) is 0 Å². The number of rotatable bonds is 7. The Morgan fingerprint density at radius 2 is 1.20 bits per heavy atom. The van der Waals surface area contributed by atoms with Gasteiger partial charge in [-0.3, -0.25) is 4.98 Å². The Morgan fingerprint density at radius 3 is 1.80 bits per heavy atom. The number of aryl methyl sites for hydroxylation is 2. The van der Waals surface area contributed by atoms with Gasteiger partial charge in [-0.2, -0.15) is 0 Å². The molecule has 0 bridgehead atoms. The molecule has 54 heavy (non-hydrogen) atoms. The van der Waals surface area contributed by atoms with Crippen LogP contribution in [0.2, 0.25) is 0 Å². The first-order valence-electron chi connectivity index (χ1n) is 18.0. The molecule has 0 radical (unpaired) electrons. The normalized spacial score (nSPS) is 10.8. The summed E-state index contributed by atoms with van der Waals surface area (Å²) in [6, 6.07) is 53.1. The molecule has 0 amide bonds. The Hall–Kier alpha value is -4.36. The average Bonchev–Trinajstić information content (AvgIpc) is 3.82. The molecule has 0 aliphatic heterocycles. The van der Waals surface area contributed by atoms with Gasteiger partial charge in [-0.05, 0) is 37.1 Å². The van der Waals surface area contributed by atoms with Crippen molar-refractivity contribution in [3.8, 4) is 46.6 Å². The molecule has 0 N–H and O–H groups in total. The fraction of sp³-hybridized carbons (Fsp3) is 0.163. The molecule has 0 atom stereocenters. The third kappa shape index (κ3) is 8.62. The maximum absolute atomic E-state index is 4.87. The zero-order chi connectivity index (χ0) is 36.2. The molecule has 0 saturated heterocycles. The summed E-state index contributed by atoms with van der Waals surface area (Å²) < 4.78 is 4.95. The summed E-state index contributed by atoms with van der Waals surface area (Å²) in [6.45, 7) is 13.5. The molecule has 2 aromatic heterocycles. The molecule has 6 aromatic carbocycles. The van der Waals surface area contributed by atoms with Gasteiger partial charge >= 0.3 is 205 Å². The van der Waals surface area contributed by atoms with E-state index in [2.05, 4.69) is 162 Å². The van der Waals surface area contributed by atoms with E-state index in [0.717, 1.165) is 28.0 Å². The number of benzene rings is 6. The predicted octanol–water partition coefficient (Wildman–Crippen LogP) is 12.7. The largest absolute Gasteiger partial charge is 3.00 e. The van der Waals surface area contributed by atoms with Crippen molar-refractivity contribution in [2.45, 2.75) is 53.4 Å². The van der Waals surface area contributed by atoms with Crippen LogP contribution >= 0.6 is 0 Å². The first-order chi connectivity index (χ1) is 25.3. The Labute approximate surface area is 345 Å². The molecule has 0 aliphatic rings. The molecule has 5 heteroatoms. The number of nitrogens with zero attached hydrogens (tertiary/aromatic N) is 3. The molecule has 2 heterocycles. The molecule has 0 fully saturated rings. The first kappa shape index (κ1) is 40.8. The third-order valence-electron chi connectivity index (χ3n) is 9.42. The molecule has 0 spiro atoms. The van der Waals surface area contributed by atoms with Gasteiger partial charge in [-0.25, -0.2) is 0 Å². The summed E-state index contributed by atoms with van der Waals surface area (Å²) in [4.78, 5) is 9.70. The van der Waals surface area contributed by atoms with Gasteiger partial charge in [0.05, 0.1) is 16.9 Å². The average molecular weight is 997 g/mol. The van der Waals surface area contributed by atoms with E-state index in [4.69, 9.17) is 9.97 Å². The van der Waals surface area contributed by atoms with Crippen molar-refractivity contribution >= 4 is 31.5 Å². The molecule has 0 saturated carbocycles. The van der Waals surface area contributed by atoms with E-state index in [1.165, 1.54) is 51.9 Å². The maximum Gasteiger partial charge on any atom is 3.00 e. The van der Waals surface area contributed by atoms with E-state index in [1.54, 1.807) is 0 Å². The van der Waals surface area contributed by atoms with Gasteiger partial charge < -0.3 is 12.0 Å². The van der Waals surface area contributed by atoms with Gasteiger partial charge in [0, 0.05) is 5.69 Å². The molecule has 0 unspecified atom stereocenters. The number of aromatic nitrogens is 3. The Bertz CT molecular complexity index is 2380. The topological polar surface area (TPSA) is 30.7 Å². The van der Waals surface area contributed by atoms with Crippen molar-refractivity contribution in [2.24, 2.45) is 0 Å². The van der Waals surface area contributed by atoms with Crippen LogP contribution in [0.15, 0.2) is 140 Å². The fourth-order valence-corrected chi connectivity index (χ4v) is 9.68. The molecular weight excluding hydrogens is 950 g/mol. The Morgan fingerprint density at radius 1 is 0.630 bits per heavy atom. The quantitative estimate of drug-likeness (QED) is 0.118. The van der Waals surface area contributed by atoms with E-state index in [0.29, 0.717) is 11.8 Å². The van der Waals surface area contributed by atoms with Crippen LogP contribution in [0.1, 0.15) is 61.8 Å². The van der Waals surface area contributed by atoms with Crippen LogP contribution in [-0.2, 0) is 20.1 Å². The predicted molar refractivity (Wildman–Crippen MR) is 226 cm³/mol. The SMILES string of the molecule is CC(C)c1cc(-c2ccccc2)cc(C(C)C)c1-c1cnc(-c2[c-]cccc2)[te]1.Cc1cccc(C)c1-n1c(-c2[c-]cccc2)nc2ccccc21.[CH3-].[Ir+3]. The minimum absolute atomic E-state index is 0. The van der Waals surface area contributed by atoms with E-state index in [9.17, 15) is 0 Å². The van der Waals surface area contributed by atoms with Crippen molar-refractivity contribution < 1.29 is 20.1 Å². The fourth-order valence-electron chi connectivity index (χ4n) is 6.84. The summed E-state index contributed by atoms with van der Waals surface area (Å²) in [5.74, 6) is 1.86. The summed E-state index contributed by atoms with van der Waals surface area (Å²) in [6.07, 6.45) is 2.13. The molecule has 8 rings (SSSR count). The molecule has 0 aliphatic carbocycles. The summed E-state index contributed by atoms with van der Waals surface area (Å²) in [7, 11) is 0. The Balaban J connectivity index is 0.000000205. The van der Waals surface area contributed by atoms with E-state index >= 15 is 0 Å². The third-order valence-corrected chi connectivity index (χ3v) is 12.4. The van der Waals surface area contributed by atoms with Crippen molar-refractivity contribution in [3.05, 3.63) is 181 Å².